The molecule has 3 aliphatic carbocycles. The Bertz CT molecular complexity index is 845. The Labute approximate surface area is 193 Å². The van der Waals surface area contributed by atoms with Crippen molar-refractivity contribution in [3.63, 3.8) is 0 Å². The molecule has 3 aliphatic rings. The Hall–Kier alpha value is -0.600. The number of benzene rings is 2. The predicted octanol–water partition coefficient (Wildman–Crippen LogP) is 9.42. The van der Waals surface area contributed by atoms with Crippen LogP contribution in [0.15, 0.2) is 45.3 Å². The van der Waals surface area contributed by atoms with Gasteiger partial charge in [0.2, 0.25) is 0 Å². The highest BCUT2D eigenvalue weighted by Crippen LogP contribution is 2.76. The summed E-state index contributed by atoms with van der Waals surface area (Å²) in [6.45, 7) is 4.82. The van der Waals surface area contributed by atoms with Crippen LogP contribution < -0.4 is 0 Å². The minimum absolute atomic E-state index is 0.167. The van der Waals surface area contributed by atoms with Crippen molar-refractivity contribution in [2.24, 2.45) is 10.8 Å². The van der Waals surface area contributed by atoms with Gasteiger partial charge in [-0.3, -0.25) is 0 Å². The third-order valence-corrected chi connectivity index (χ3v) is 9.72. The fraction of sp³-hybridized carbons (Fsp3) is 0.556. The van der Waals surface area contributed by atoms with Gasteiger partial charge in [-0.1, -0.05) is 83.5 Å². The molecule has 154 valence electrons. The van der Waals surface area contributed by atoms with Crippen molar-refractivity contribution < 1.29 is 0 Å². The summed E-state index contributed by atoms with van der Waals surface area (Å²) in [6, 6.07) is 14.3. The van der Waals surface area contributed by atoms with Crippen molar-refractivity contribution in [1.29, 1.82) is 0 Å². The van der Waals surface area contributed by atoms with Crippen LogP contribution in [0, 0.1) is 10.8 Å². The smallest absolute Gasteiger partial charge is 0.0328 e. The number of fused-ring (bicyclic) bond motifs is 3. The van der Waals surface area contributed by atoms with Crippen LogP contribution in [-0.4, -0.2) is 0 Å². The minimum Gasteiger partial charge on any atom is -0.0654 e. The molecule has 0 nitrogen and oxygen atoms in total. The third-order valence-electron chi connectivity index (χ3n) is 8.73. The lowest BCUT2D eigenvalue weighted by atomic mass is 9.36. The SMILES string of the molecule is CCCC12CCCC(CCC)(CCC1)C21c2cc(Br)ccc2-c2ccc(Br)cc21. The highest BCUT2D eigenvalue weighted by Gasteiger charge is 2.69. The zero-order chi connectivity index (χ0) is 20.3. The van der Waals surface area contributed by atoms with E-state index in [1.165, 1.54) is 84.3 Å². The first-order valence-corrected chi connectivity index (χ1v) is 13.2. The standard InChI is InChI=1S/C27H32Br2/c1-3-11-25-13-5-15-26(12-4-2,16-6-14-25)27(25)23-17-19(28)7-9-21(23)22-10-8-20(29)18-24(22)27/h7-10,17-18H,3-6,11-16H2,1-2H3. The molecular formula is C27H32Br2. The zero-order valence-corrected chi connectivity index (χ0v) is 21.0. The molecule has 0 saturated heterocycles. The molecule has 0 amide bonds. The first kappa shape index (κ1) is 20.3. The summed E-state index contributed by atoms with van der Waals surface area (Å²) in [5.74, 6) is 0. The Morgan fingerprint density at radius 2 is 1.10 bits per heavy atom. The van der Waals surface area contributed by atoms with Crippen LogP contribution in [0.4, 0.5) is 0 Å². The van der Waals surface area contributed by atoms with E-state index in [2.05, 4.69) is 82.1 Å². The first-order valence-electron chi connectivity index (χ1n) is 11.6. The molecule has 0 N–H and O–H groups in total. The predicted molar refractivity (Wildman–Crippen MR) is 130 cm³/mol. The zero-order valence-electron chi connectivity index (χ0n) is 17.8. The van der Waals surface area contributed by atoms with Gasteiger partial charge in [0.15, 0.2) is 0 Å². The van der Waals surface area contributed by atoms with Gasteiger partial charge in [-0.05, 0) is 95.9 Å². The molecule has 5 rings (SSSR count). The van der Waals surface area contributed by atoms with E-state index in [9.17, 15) is 0 Å². The maximum atomic E-state index is 3.86. The molecule has 29 heavy (non-hydrogen) atoms. The summed E-state index contributed by atoms with van der Waals surface area (Å²) in [7, 11) is 0. The summed E-state index contributed by atoms with van der Waals surface area (Å²) in [5, 5.41) is 0. The average Bonchev–Trinajstić information content (AvgIpc) is 2.95. The highest BCUT2D eigenvalue weighted by molar-refractivity contribution is 9.10. The Morgan fingerprint density at radius 3 is 1.48 bits per heavy atom. The third kappa shape index (κ3) is 2.54. The van der Waals surface area contributed by atoms with Gasteiger partial charge in [-0.2, -0.15) is 0 Å². The minimum atomic E-state index is 0.167. The van der Waals surface area contributed by atoms with Gasteiger partial charge in [0.1, 0.15) is 0 Å². The van der Waals surface area contributed by atoms with Crippen LogP contribution in [-0.2, 0) is 5.41 Å². The fourth-order valence-electron chi connectivity index (χ4n) is 8.34. The van der Waals surface area contributed by atoms with Crippen molar-refractivity contribution in [2.75, 3.05) is 0 Å². The molecule has 0 atom stereocenters. The van der Waals surface area contributed by atoms with E-state index >= 15 is 0 Å². The van der Waals surface area contributed by atoms with Gasteiger partial charge in [-0.25, -0.2) is 0 Å². The number of rotatable bonds is 4. The molecule has 1 spiro atoms. The molecule has 2 heteroatoms. The summed E-state index contributed by atoms with van der Waals surface area (Å²) in [6.07, 6.45) is 13.7. The Morgan fingerprint density at radius 1 is 0.690 bits per heavy atom. The molecule has 0 aromatic heterocycles. The van der Waals surface area contributed by atoms with E-state index in [1.54, 1.807) is 11.1 Å². The average molecular weight is 516 g/mol. The molecule has 2 aromatic rings. The molecule has 0 heterocycles. The summed E-state index contributed by atoms with van der Waals surface area (Å²) in [5.41, 5.74) is 7.24. The van der Waals surface area contributed by atoms with E-state index in [4.69, 9.17) is 0 Å². The molecule has 2 fully saturated rings. The molecule has 0 unspecified atom stereocenters. The molecule has 2 bridgehead atoms. The van der Waals surface area contributed by atoms with E-state index in [0.29, 0.717) is 10.8 Å². The van der Waals surface area contributed by atoms with Crippen molar-refractivity contribution in [2.45, 2.75) is 83.5 Å². The fourth-order valence-corrected chi connectivity index (χ4v) is 9.06. The highest BCUT2D eigenvalue weighted by atomic mass is 79.9. The molecule has 0 radical (unpaired) electrons. The lowest BCUT2D eigenvalue weighted by Gasteiger charge is -2.67. The van der Waals surface area contributed by atoms with Crippen molar-refractivity contribution in [3.8, 4) is 11.1 Å². The Kier molecular flexibility index (Phi) is 5.06. The van der Waals surface area contributed by atoms with Crippen LogP contribution >= 0.6 is 31.9 Å². The van der Waals surface area contributed by atoms with E-state index in [0.717, 1.165) is 0 Å². The molecular weight excluding hydrogens is 484 g/mol. The van der Waals surface area contributed by atoms with Crippen molar-refractivity contribution >= 4 is 31.9 Å². The van der Waals surface area contributed by atoms with Crippen LogP contribution in [0.1, 0.15) is 89.2 Å². The number of hydrogen-bond donors (Lipinski definition) is 0. The second-order valence-electron chi connectivity index (χ2n) is 9.90. The van der Waals surface area contributed by atoms with Gasteiger partial charge in [0, 0.05) is 14.4 Å². The van der Waals surface area contributed by atoms with Gasteiger partial charge >= 0.3 is 0 Å². The molecule has 0 aliphatic heterocycles. The van der Waals surface area contributed by atoms with Gasteiger partial charge < -0.3 is 0 Å². The molecule has 2 aromatic carbocycles. The van der Waals surface area contributed by atoms with Crippen LogP contribution in [0.3, 0.4) is 0 Å². The van der Waals surface area contributed by atoms with Gasteiger partial charge in [-0.15, -0.1) is 0 Å². The summed E-state index contributed by atoms with van der Waals surface area (Å²) in [4.78, 5) is 0. The second-order valence-corrected chi connectivity index (χ2v) is 11.7. The van der Waals surface area contributed by atoms with E-state index in [-0.39, 0.29) is 5.41 Å². The quantitative estimate of drug-likeness (QED) is 0.380. The largest absolute Gasteiger partial charge is 0.0654 e. The first-order chi connectivity index (χ1) is 14.0. The van der Waals surface area contributed by atoms with Crippen LogP contribution in [0.25, 0.3) is 11.1 Å². The monoisotopic (exact) mass is 514 g/mol. The summed E-state index contributed by atoms with van der Waals surface area (Å²) < 4.78 is 2.48. The normalized spacial score (nSPS) is 29.0. The van der Waals surface area contributed by atoms with Crippen LogP contribution in [0.2, 0.25) is 0 Å². The van der Waals surface area contributed by atoms with E-state index in [1.807, 2.05) is 0 Å². The Balaban J connectivity index is 1.93. The second kappa shape index (κ2) is 7.23. The van der Waals surface area contributed by atoms with E-state index < -0.39 is 0 Å². The van der Waals surface area contributed by atoms with Crippen molar-refractivity contribution in [3.05, 3.63) is 56.5 Å². The topological polar surface area (TPSA) is 0 Å². The maximum absolute atomic E-state index is 3.86. The lowest BCUT2D eigenvalue weighted by molar-refractivity contribution is -0.0949. The lowest BCUT2D eigenvalue weighted by Crippen LogP contribution is -2.62. The van der Waals surface area contributed by atoms with Gasteiger partial charge in [0.05, 0.1) is 0 Å². The number of halogens is 2. The van der Waals surface area contributed by atoms with Gasteiger partial charge in [0.25, 0.3) is 0 Å². The van der Waals surface area contributed by atoms with Crippen LogP contribution in [0.5, 0.6) is 0 Å². The van der Waals surface area contributed by atoms with Crippen molar-refractivity contribution in [1.82, 2.24) is 0 Å². The maximum Gasteiger partial charge on any atom is 0.0328 e. The number of hydrogen-bond acceptors (Lipinski definition) is 0. The molecule has 2 saturated carbocycles. The summed E-state index contributed by atoms with van der Waals surface area (Å²) >= 11 is 7.72.